The summed E-state index contributed by atoms with van der Waals surface area (Å²) in [7, 11) is 0. The fourth-order valence-corrected chi connectivity index (χ4v) is 0.331. The fourth-order valence-electron chi connectivity index (χ4n) is 0.331. The molecule has 0 rings (SSSR count). The van der Waals surface area contributed by atoms with Gasteiger partial charge in [0.1, 0.15) is 6.29 Å². The highest BCUT2D eigenvalue weighted by Crippen LogP contribution is 1.75. The zero-order valence-electron chi connectivity index (χ0n) is 5.25. The maximum atomic E-state index is 9.68. The molecule has 0 aliphatic heterocycles. The largest absolute Gasteiger partial charge is 0.373 e. The van der Waals surface area contributed by atoms with Crippen molar-refractivity contribution < 1.29 is 9.53 Å². The van der Waals surface area contributed by atoms with Gasteiger partial charge in [0.15, 0.2) is 0 Å². The summed E-state index contributed by atoms with van der Waals surface area (Å²) in [6.07, 6.45) is 5.44. The van der Waals surface area contributed by atoms with E-state index >= 15 is 0 Å². The van der Waals surface area contributed by atoms with Gasteiger partial charge in [0.25, 0.3) is 0 Å². The van der Waals surface area contributed by atoms with Gasteiger partial charge in [0.2, 0.25) is 0 Å². The summed E-state index contributed by atoms with van der Waals surface area (Å²) >= 11 is 0. The van der Waals surface area contributed by atoms with Crippen LogP contribution in [0.25, 0.3) is 0 Å². The SMILES string of the molecule is C=CCOC/C=C\C=O. The molecule has 0 amide bonds. The number of hydrogen-bond acceptors (Lipinski definition) is 2. The van der Waals surface area contributed by atoms with Gasteiger partial charge in [-0.3, -0.25) is 4.79 Å². The van der Waals surface area contributed by atoms with Gasteiger partial charge in [-0.2, -0.15) is 0 Å². The summed E-state index contributed by atoms with van der Waals surface area (Å²) in [5.74, 6) is 0. The Kier molecular flexibility index (Phi) is 6.41. The summed E-state index contributed by atoms with van der Waals surface area (Å²) in [4.78, 5) is 9.68. The van der Waals surface area contributed by atoms with Crippen molar-refractivity contribution >= 4 is 6.29 Å². The number of aldehydes is 1. The minimum Gasteiger partial charge on any atom is -0.373 e. The van der Waals surface area contributed by atoms with Gasteiger partial charge in [0, 0.05) is 0 Å². The molecular weight excluding hydrogens is 116 g/mol. The van der Waals surface area contributed by atoms with Gasteiger partial charge in [-0.1, -0.05) is 12.2 Å². The highest BCUT2D eigenvalue weighted by atomic mass is 16.5. The number of carbonyl (C=O) groups excluding carboxylic acids is 1. The van der Waals surface area contributed by atoms with E-state index in [0.29, 0.717) is 13.2 Å². The Morgan fingerprint density at radius 2 is 2.22 bits per heavy atom. The van der Waals surface area contributed by atoms with Crippen LogP contribution >= 0.6 is 0 Å². The van der Waals surface area contributed by atoms with Crippen LogP contribution < -0.4 is 0 Å². The number of carbonyl (C=O) groups is 1. The Balaban J connectivity index is 2.98. The third-order valence-electron chi connectivity index (χ3n) is 0.664. The number of allylic oxidation sites excluding steroid dienone is 1. The Morgan fingerprint density at radius 3 is 2.78 bits per heavy atom. The lowest BCUT2D eigenvalue weighted by molar-refractivity contribution is -0.104. The number of rotatable bonds is 5. The zero-order chi connectivity index (χ0) is 6.95. The lowest BCUT2D eigenvalue weighted by Gasteiger charge is -1.90. The molecule has 0 N–H and O–H groups in total. The van der Waals surface area contributed by atoms with Crippen LogP contribution in [0.3, 0.4) is 0 Å². The van der Waals surface area contributed by atoms with E-state index in [2.05, 4.69) is 6.58 Å². The van der Waals surface area contributed by atoms with Crippen molar-refractivity contribution in [2.24, 2.45) is 0 Å². The predicted octanol–water partition coefficient (Wildman–Crippen LogP) is 0.944. The molecule has 50 valence electrons. The van der Waals surface area contributed by atoms with Crippen molar-refractivity contribution in [1.82, 2.24) is 0 Å². The zero-order valence-corrected chi connectivity index (χ0v) is 5.25. The molecule has 0 saturated carbocycles. The van der Waals surface area contributed by atoms with Gasteiger partial charge in [-0.05, 0) is 6.08 Å². The van der Waals surface area contributed by atoms with Crippen molar-refractivity contribution in [3.63, 3.8) is 0 Å². The summed E-state index contributed by atoms with van der Waals surface area (Å²) in [5.41, 5.74) is 0. The fraction of sp³-hybridized carbons (Fsp3) is 0.286. The van der Waals surface area contributed by atoms with Crippen LogP contribution in [0, 0.1) is 0 Å². The maximum absolute atomic E-state index is 9.68. The summed E-state index contributed by atoms with van der Waals surface area (Å²) in [5, 5.41) is 0. The Hall–Kier alpha value is -0.890. The minimum atomic E-state index is 0.477. The van der Waals surface area contributed by atoms with E-state index in [0.717, 1.165) is 6.29 Å². The quantitative estimate of drug-likeness (QED) is 0.237. The van der Waals surface area contributed by atoms with Crippen LogP contribution in [0.5, 0.6) is 0 Å². The summed E-state index contributed by atoms with van der Waals surface area (Å²) in [6.45, 7) is 4.47. The van der Waals surface area contributed by atoms with Crippen molar-refractivity contribution in [2.45, 2.75) is 0 Å². The van der Waals surface area contributed by atoms with Gasteiger partial charge in [-0.25, -0.2) is 0 Å². The molecule has 0 aliphatic rings. The van der Waals surface area contributed by atoms with Crippen LogP contribution in [0.4, 0.5) is 0 Å². The molecule has 0 aliphatic carbocycles. The first-order chi connectivity index (χ1) is 4.41. The monoisotopic (exact) mass is 126 g/mol. The molecule has 0 radical (unpaired) electrons. The second-order valence-electron chi connectivity index (χ2n) is 1.39. The minimum absolute atomic E-state index is 0.477. The van der Waals surface area contributed by atoms with Crippen molar-refractivity contribution in [1.29, 1.82) is 0 Å². The van der Waals surface area contributed by atoms with Crippen molar-refractivity contribution in [3.8, 4) is 0 Å². The topological polar surface area (TPSA) is 26.3 Å². The van der Waals surface area contributed by atoms with Gasteiger partial charge in [-0.15, -0.1) is 6.58 Å². The summed E-state index contributed by atoms with van der Waals surface area (Å²) < 4.78 is 4.92. The Bertz CT molecular complexity index is 105. The van der Waals surface area contributed by atoms with E-state index in [1.54, 1.807) is 12.2 Å². The van der Waals surface area contributed by atoms with Crippen LogP contribution in [0.2, 0.25) is 0 Å². The van der Waals surface area contributed by atoms with E-state index in [1.807, 2.05) is 0 Å². The van der Waals surface area contributed by atoms with Crippen LogP contribution in [-0.4, -0.2) is 19.5 Å². The average molecular weight is 126 g/mol. The molecule has 0 bridgehead atoms. The van der Waals surface area contributed by atoms with E-state index in [-0.39, 0.29) is 0 Å². The molecule has 0 spiro atoms. The number of hydrogen-bond donors (Lipinski definition) is 0. The van der Waals surface area contributed by atoms with Crippen molar-refractivity contribution in [3.05, 3.63) is 24.8 Å². The standard InChI is InChI=1S/C7H10O2/c1-2-6-9-7-4-3-5-8/h2-5H,1,6-7H2/b4-3-. The summed E-state index contributed by atoms with van der Waals surface area (Å²) in [6, 6.07) is 0. The second kappa shape index (κ2) is 7.11. The Labute approximate surface area is 54.8 Å². The van der Waals surface area contributed by atoms with Gasteiger partial charge >= 0.3 is 0 Å². The van der Waals surface area contributed by atoms with Crippen LogP contribution in [0.1, 0.15) is 0 Å². The highest BCUT2D eigenvalue weighted by molar-refractivity contribution is 5.64. The molecule has 0 aromatic rings. The second-order valence-corrected chi connectivity index (χ2v) is 1.39. The normalized spacial score (nSPS) is 9.78. The molecule has 0 unspecified atom stereocenters. The lowest BCUT2D eigenvalue weighted by Crippen LogP contribution is -1.88. The molecule has 0 aromatic heterocycles. The van der Waals surface area contributed by atoms with Gasteiger partial charge in [0.05, 0.1) is 13.2 Å². The van der Waals surface area contributed by atoms with Crippen LogP contribution in [0.15, 0.2) is 24.8 Å². The molecule has 0 fully saturated rings. The third kappa shape index (κ3) is 7.11. The molecule has 0 atom stereocenters. The van der Waals surface area contributed by atoms with Crippen LogP contribution in [-0.2, 0) is 9.53 Å². The van der Waals surface area contributed by atoms with Crippen molar-refractivity contribution in [2.75, 3.05) is 13.2 Å². The van der Waals surface area contributed by atoms with Gasteiger partial charge < -0.3 is 4.74 Å². The lowest BCUT2D eigenvalue weighted by atomic mass is 10.5. The van der Waals surface area contributed by atoms with E-state index in [1.165, 1.54) is 6.08 Å². The maximum Gasteiger partial charge on any atom is 0.142 e. The smallest absolute Gasteiger partial charge is 0.142 e. The third-order valence-corrected chi connectivity index (χ3v) is 0.664. The molecule has 2 heteroatoms. The first kappa shape index (κ1) is 8.11. The predicted molar refractivity (Wildman–Crippen MR) is 36.2 cm³/mol. The average Bonchev–Trinajstić information content (AvgIpc) is 1.89. The Morgan fingerprint density at radius 1 is 1.44 bits per heavy atom. The van der Waals surface area contributed by atoms with E-state index < -0.39 is 0 Å². The molecule has 0 aromatic carbocycles. The van der Waals surface area contributed by atoms with E-state index in [9.17, 15) is 4.79 Å². The highest BCUT2D eigenvalue weighted by Gasteiger charge is 1.74. The molecule has 9 heavy (non-hydrogen) atoms. The first-order valence-electron chi connectivity index (χ1n) is 2.70. The molecule has 0 saturated heterocycles. The molecule has 0 heterocycles. The molecular formula is C7H10O2. The number of ether oxygens (including phenoxy) is 1. The first-order valence-corrected chi connectivity index (χ1v) is 2.70. The molecule has 2 nitrogen and oxygen atoms in total. The van der Waals surface area contributed by atoms with E-state index in [4.69, 9.17) is 4.74 Å².